The number of benzene rings is 1. The van der Waals surface area contributed by atoms with E-state index in [4.69, 9.17) is 0 Å². The number of nitrogens with one attached hydrogen (secondary N) is 1. The first kappa shape index (κ1) is 15.0. The average molecular weight is 278 g/mol. The summed E-state index contributed by atoms with van der Waals surface area (Å²) in [6.07, 6.45) is 2.37. The third kappa shape index (κ3) is 3.57. The third-order valence-corrected chi connectivity index (χ3v) is 4.05. The Kier molecular flexibility index (Phi) is 4.76. The molecular formula is C16H23FN2O. The number of aryl methyl sites for hydroxylation is 1. The molecule has 0 aromatic heterocycles. The second kappa shape index (κ2) is 6.35. The van der Waals surface area contributed by atoms with Gasteiger partial charge in [0, 0.05) is 12.2 Å². The summed E-state index contributed by atoms with van der Waals surface area (Å²) in [5, 5.41) is 2.80. The zero-order valence-electron chi connectivity index (χ0n) is 12.4. The Balaban J connectivity index is 1.98. The average Bonchev–Trinajstić information content (AvgIpc) is 2.42. The minimum atomic E-state index is -0.290. The van der Waals surface area contributed by atoms with Crippen LogP contribution in [0.2, 0.25) is 0 Å². The van der Waals surface area contributed by atoms with Crippen molar-refractivity contribution in [1.29, 1.82) is 0 Å². The van der Waals surface area contributed by atoms with Gasteiger partial charge in [-0.1, -0.05) is 13.0 Å². The smallest absolute Gasteiger partial charge is 0.241 e. The van der Waals surface area contributed by atoms with Gasteiger partial charge in [-0.25, -0.2) is 4.39 Å². The molecule has 0 bridgehead atoms. The molecule has 2 rings (SSSR count). The second-order valence-corrected chi connectivity index (χ2v) is 5.87. The summed E-state index contributed by atoms with van der Waals surface area (Å²) >= 11 is 0. The number of hydrogen-bond donors (Lipinski definition) is 1. The first-order chi connectivity index (χ1) is 9.47. The Labute approximate surface area is 120 Å². The summed E-state index contributed by atoms with van der Waals surface area (Å²) in [4.78, 5) is 14.4. The van der Waals surface area contributed by atoms with Gasteiger partial charge >= 0.3 is 0 Å². The molecule has 110 valence electrons. The SMILES string of the molecule is Cc1ccc(NC(=O)[C@@H](C)N2CCC[C@H](C)C2)cc1F. The highest BCUT2D eigenvalue weighted by Gasteiger charge is 2.25. The van der Waals surface area contributed by atoms with Crippen molar-refractivity contribution in [3.8, 4) is 0 Å². The molecular weight excluding hydrogens is 255 g/mol. The topological polar surface area (TPSA) is 32.3 Å². The van der Waals surface area contributed by atoms with Crippen molar-refractivity contribution in [3.05, 3.63) is 29.6 Å². The van der Waals surface area contributed by atoms with Crippen LogP contribution in [0.4, 0.5) is 10.1 Å². The van der Waals surface area contributed by atoms with Crippen molar-refractivity contribution in [1.82, 2.24) is 4.90 Å². The van der Waals surface area contributed by atoms with E-state index >= 15 is 0 Å². The maximum absolute atomic E-state index is 13.5. The standard InChI is InChI=1S/C16H23FN2O/c1-11-5-4-8-19(10-11)13(3)16(20)18-14-7-6-12(2)15(17)9-14/h6-7,9,11,13H,4-5,8,10H2,1-3H3,(H,18,20)/t11-,13+/m0/s1. The second-order valence-electron chi connectivity index (χ2n) is 5.87. The fourth-order valence-corrected chi connectivity index (χ4v) is 2.66. The largest absolute Gasteiger partial charge is 0.325 e. The van der Waals surface area contributed by atoms with Crippen LogP contribution in [-0.4, -0.2) is 29.9 Å². The van der Waals surface area contributed by atoms with Gasteiger partial charge in [-0.3, -0.25) is 9.69 Å². The van der Waals surface area contributed by atoms with Gasteiger partial charge in [0.25, 0.3) is 0 Å². The van der Waals surface area contributed by atoms with Crippen LogP contribution in [0.5, 0.6) is 0 Å². The van der Waals surface area contributed by atoms with Crippen LogP contribution >= 0.6 is 0 Å². The van der Waals surface area contributed by atoms with E-state index in [-0.39, 0.29) is 17.8 Å². The molecule has 4 heteroatoms. The van der Waals surface area contributed by atoms with Crippen molar-refractivity contribution in [2.45, 2.75) is 39.7 Å². The minimum Gasteiger partial charge on any atom is -0.325 e. The van der Waals surface area contributed by atoms with Gasteiger partial charge in [0.1, 0.15) is 5.82 Å². The van der Waals surface area contributed by atoms with Gasteiger partial charge in [0.2, 0.25) is 5.91 Å². The van der Waals surface area contributed by atoms with Crippen LogP contribution < -0.4 is 5.32 Å². The number of nitrogens with zero attached hydrogens (tertiary/aromatic N) is 1. The number of carbonyl (C=O) groups is 1. The zero-order valence-corrected chi connectivity index (χ0v) is 12.4. The number of anilines is 1. The molecule has 1 aliphatic rings. The van der Waals surface area contributed by atoms with E-state index in [0.717, 1.165) is 19.5 Å². The molecule has 1 saturated heterocycles. The van der Waals surface area contributed by atoms with Crippen LogP contribution in [0.15, 0.2) is 18.2 Å². The predicted molar refractivity (Wildman–Crippen MR) is 79.2 cm³/mol. The van der Waals surface area contributed by atoms with Gasteiger partial charge in [-0.2, -0.15) is 0 Å². The van der Waals surface area contributed by atoms with Gasteiger partial charge in [-0.15, -0.1) is 0 Å². The Hall–Kier alpha value is -1.42. The monoisotopic (exact) mass is 278 g/mol. The molecule has 1 N–H and O–H groups in total. The van der Waals surface area contributed by atoms with E-state index in [0.29, 0.717) is 17.2 Å². The number of rotatable bonds is 3. The molecule has 0 unspecified atom stereocenters. The number of amides is 1. The van der Waals surface area contributed by atoms with Crippen molar-refractivity contribution in [2.24, 2.45) is 5.92 Å². The van der Waals surface area contributed by atoms with E-state index in [9.17, 15) is 9.18 Å². The molecule has 0 radical (unpaired) electrons. The summed E-state index contributed by atoms with van der Waals surface area (Å²) < 4.78 is 13.5. The molecule has 1 heterocycles. The molecule has 20 heavy (non-hydrogen) atoms. The lowest BCUT2D eigenvalue weighted by molar-refractivity contribution is -0.121. The highest BCUT2D eigenvalue weighted by atomic mass is 19.1. The molecule has 1 aromatic carbocycles. The summed E-state index contributed by atoms with van der Waals surface area (Å²) in [5.74, 6) is 0.278. The summed E-state index contributed by atoms with van der Waals surface area (Å²) in [5.41, 5.74) is 1.11. The van der Waals surface area contributed by atoms with Crippen LogP contribution in [0.1, 0.15) is 32.3 Å². The van der Waals surface area contributed by atoms with Crippen molar-refractivity contribution in [3.63, 3.8) is 0 Å². The van der Waals surface area contributed by atoms with Gasteiger partial charge < -0.3 is 5.32 Å². The highest BCUT2D eigenvalue weighted by Crippen LogP contribution is 2.19. The fraction of sp³-hybridized carbons (Fsp3) is 0.562. The molecule has 1 aliphatic heterocycles. The molecule has 0 aliphatic carbocycles. The molecule has 3 nitrogen and oxygen atoms in total. The molecule has 0 spiro atoms. The van der Waals surface area contributed by atoms with E-state index in [1.54, 1.807) is 19.1 Å². The highest BCUT2D eigenvalue weighted by molar-refractivity contribution is 5.94. The van der Waals surface area contributed by atoms with Crippen LogP contribution in [0, 0.1) is 18.7 Å². The van der Waals surface area contributed by atoms with E-state index < -0.39 is 0 Å². The lowest BCUT2D eigenvalue weighted by atomic mass is 9.99. The molecule has 0 saturated carbocycles. The van der Waals surface area contributed by atoms with Gasteiger partial charge in [0.05, 0.1) is 6.04 Å². The van der Waals surface area contributed by atoms with E-state index in [1.165, 1.54) is 12.5 Å². The van der Waals surface area contributed by atoms with Crippen molar-refractivity contribution in [2.75, 3.05) is 18.4 Å². The minimum absolute atomic E-state index is 0.0673. The van der Waals surface area contributed by atoms with Gasteiger partial charge in [-0.05, 0) is 56.8 Å². The number of hydrogen-bond acceptors (Lipinski definition) is 2. The van der Waals surface area contributed by atoms with Crippen molar-refractivity contribution >= 4 is 11.6 Å². The predicted octanol–water partition coefficient (Wildman–Crippen LogP) is 3.19. The quantitative estimate of drug-likeness (QED) is 0.921. The molecule has 1 aromatic rings. The molecule has 1 fully saturated rings. The van der Waals surface area contributed by atoms with Crippen LogP contribution in [0.25, 0.3) is 0 Å². The normalized spacial score (nSPS) is 21.5. The first-order valence-electron chi connectivity index (χ1n) is 7.28. The Morgan fingerprint density at radius 3 is 2.90 bits per heavy atom. The van der Waals surface area contributed by atoms with Crippen LogP contribution in [0.3, 0.4) is 0 Å². The summed E-state index contributed by atoms with van der Waals surface area (Å²) in [6.45, 7) is 7.75. The number of carbonyl (C=O) groups excluding carboxylic acids is 1. The molecule has 2 atom stereocenters. The number of halogens is 1. The summed E-state index contributed by atoms with van der Waals surface area (Å²) in [7, 11) is 0. The lowest BCUT2D eigenvalue weighted by Crippen LogP contribution is -2.46. The van der Waals surface area contributed by atoms with Crippen LogP contribution in [-0.2, 0) is 4.79 Å². The summed E-state index contributed by atoms with van der Waals surface area (Å²) in [6, 6.07) is 4.61. The maximum Gasteiger partial charge on any atom is 0.241 e. The Morgan fingerprint density at radius 2 is 2.25 bits per heavy atom. The zero-order chi connectivity index (χ0) is 14.7. The van der Waals surface area contributed by atoms with E-state index in [1.807, 2.05) is 6.92 Å². The number of piperidine rings is 1. The van der Waals surface area contributed by atoms with Crippen molar-refractivity contribution < 1.29 is 9.18 Å². The third-order valence-electron chi connectivity index (χ3n) is 4.05. The lowest BCUT2D eigenvalue weighted by Gasteiger charge is -2.34. The Bertz CT molecular complexity index is 489. The maximum atomic E-state index is 13.5. The van der Waals surface area contributed by atoms with E-state index in [2.05, 4.69) is 17.1 Å². The molecule has 1 amide bonds. The van der Waals surface area contributed by atoms with Gasteiger partial charge in [0.15, 0.2) is 0 Å². The fourth-order valence-electron chi connectivity index (χ4n) is 2.66. The Morgan fingerprint density at radius 1 is 1.50 bits per heavy atom. The first-order valence-corrected chi connectivity index (χ1v) is 7.28. The number of likely N-dealkylation sites (tertiary alicyclic amines) is 1.